The summed E-state index contributed by atoms with van der Waals surface area (Å²) in [6, 6.07) is 0. The minimum absolute atomic E-state index is 0.846. The second-order valence-electron chi connectivity index (χ2n) is 4.82. The average molecular weight is 196 g/mol. The van der Waals surface area contributed by atoms with Crippen molar-refractivity contribution in [3.63, 3.8) is 0 Å². The Hall–Kier alpha value is -0.260. The van der Waals surface area contributed by atoms with Gasteiger partial charge < -0.3 is 0 Å². The fourth-order valence-electron chi connectivity index (χ4n) is 1.97. The van der Waals surface area contributed by atoms with E-state index in [1.165, 1.54) is 56.9 Å². The third-order valence-corrected chi connectivity index (χ3v) is 2.75. The Labute approximate surface area is 90.8 Å². The van der Waals surface area contributed by atoms with Gasteiger partial charge in [-0.1, -0.05) is 64.4 Å². The zero-order valence-corrected chi connectivity index (χ0v) is 10.4. The number of unbranched alkanes of at least 4 members (excludes halogenated alkanes) is 5. The minimum Gasteiger partial charge on any atom is -0.100 e. The van der Waals surface area contributed by atoms with Crippen molar-refractivity contribution in [3.8, 4) is 0 Å². The molecule has 0 aliphatic heterocycles. The van der Waals surface area contributed by atoms with Crippen LogP contribution in [0.1, 0.15) is 72.1 Å². The van der Waals surface area contributed by atoms with Crippen molar-refractivity contribution >= 4 is 0 Å². The lowest BCUT2D eigenvalue weighted by Crippen LogP contribution is -1.95. The molecule has 0 radical (unpaired) electrons. The van der Waals surface area contributed by atoms with Crippen molar-refractivity contribution in [1.82, 2.24) is 0 Å². The molecular weight excluding hydrogens is 168 g/mol. The summed E-state index contributed by atoms with van der Waals surface area (Å²) < 4.78 is 0. The summed E-state index contributed by atoms with van der Waals surface area (Å²) in [5.41, 5.74) is 1.34. The van der Waals surface area contributed by atoms with E-state index in [1.54, 1.807) is 0 Å². The van der Waals surface area contributed by atoms with Crippen LogP contribution in [-0.2, 0) is 0 Å². The van der Waals surface area contributed by atoms with Gasteiger partial charge in [0.1, 0.15) is 0 Å². The van der Waals surface area contributed by atoms with Gasteiger partial charge in [-0.3, -0.25) is 0 Å². The van der Waals surface area contributed by atoms with E-state index in [2.05, 4.69) is 27.4 Å². The molecule has 0 saturated carbocycles. The predicted octanol–water partition coefficient (Wildman–Crippen LogP) is 5.34. The average Bonchev–Trinajstić information content (AvgIpc) is 2.10. The number of rotatable bonds is 9. The molecule has 0 amide bonds. The first kappa shape index (κ1) is 13.7. The van der Waals surface area contributed by atoms with Gasteiger partial charge in [0.25, 0.3) is 0 Å². The van der Waals surface area contributed by atoms with E-state index in [4.69, 9.17) is 0 Å². The molecular formula is C14H28. The standard InChI is InChI=1S/C14H28/c1-5-6-7-8-9-10-11-14(4)12-13(2)3/h14H,2,5-12H2,1,3-4H3. The molecule has 0 bridgehead atoms. The molecule has 0 aliphatic carbocycles. The van der Waals surface area contributed by atoms with Crippen molar-refractivity contribution in [2.75, 3.05) is 0 Å². The molecule has 0 aromatic rings. The Morgan fingerprint density at radius 1 is 1.07 bits per heavy atom. The zero-order valence-electron chi connectivity index (χ0n) is 10.4. The first-order valence-corrected chi connectivity index (χ1v) is 6.31. The molecule has 1 unspecified atom stereocenters. The molecule has 0 N–H and O–H groups in total. The maximum atomic E-state index is 3.96. The minimum atomic E-state index is 0.846. The van der Waals surface area contributed by atoms with Crippen molar-refractivity contribution in [1.29, 1.82) is 0 Å². The number of allylic oxidation sites excluding steroid dienone is 1. The lowest BCUT2D eigenvalue weighted by molar-refractivity contribution is 0.480. The van der Waals surface area contributed by atoms with Crippen LogP contribution in [0.25, 0.3) is 0 Å². The Morgan fingerprint density at radius 2 is 1.64 bits per heavy atom. The highest BCUT2D eigenvalue weighted by atomic mass is 14.1. The first-order valence-electron chi connectivity index (χ1n) is 6.31. The van der Waals surface area contributed by atoms with Gasteiger partial charge in [-0.2, -0.15) is 0 Å². The molecule has 0 saturated heterocycles. The zero-order chi connectivity index (χ0) is 10.8. The summed E-state index contributed by atoms with van der Waals surface area (Å²) >= 11 is 0. The van der Waals surface area contributed by atoms with Crippen molar-refractivity contribution in [3.05, 3.63) is 12.2 Å². The summed E-state index contributed by atoms with van der Waals surface area (Å²) in [5, 5.41) is 0. The van der Waals surface area contributed by atoms with Crippen LogP contribution in [-0.4, -0.2) is 0 Å². The van der Waals surface area contributed by atoms with Crippen molar-refractivity contribution in [2.45, 2.75) is 72.1 Å². The summed E-state index contributed by atoms with van der Waals surface area (Å²) in [6.07, 6.45) is 11.1. The number of hydrogen-bond donors (Lipinski definition) is 0. The van der Waals surface area contributed by atoms with Gasteiger partial charge in [0.05, 0.1) is 0 Å². The quantitative estimate of drug-likeness (QED) is 0.345. The van der Waals surface area contributed by atoms with Crippen LogP contribution in [0.4, 0.5) is 0 Å². The van der Waals surface area contributed by atoms with Gasteiger partial charge in [0, 0.05) is 0 Å². The molecule has 0 aromatic heterocycles. The van der Waals surface area contributed by atoms with Gasteiger partial charge in [-0.15, -0.1) is 6.58 Å². The monoisotopic (exact) mass is 196 g/mol. The molecule has 0 fully saturated rings. The lowest BCUT2D eigenvalue weighted by atomic mass is 9.96. The fraction of sp³-hybridized carbons (Fsp3) is 0.857. The molecule has 1 atom stereocenters. The largest absolute Gasteiger partial charge is 0.100 e. The molecule has 0 heteroatoms. The Balaban J connectivity index is 3.14. The Kier molecular flexibility index (Phi) is 9.13. The van der Waals surface area contributed by atoms with Crippen LogP contribution in [0.3, 0.4) is 0 Å². The highest BCUT2D eigenvalue weighted by Gasteiger charge is 2.01. The summed E-state index contributed by atoms with van der Waals surface area (Å²) in [4.78, 5) is 0. The summed E-state index contributed by atoms with van der Waals surface area (Å²) in [7, 11) is 0. The smallest absolute Gasteiger partial charge is 0.0300 e. The summed E-state index contributed by atoms with van der Waals surface area (Å²) in [5.74, 6) is 0.846. The highest BCUT2D eigenvalue weighted by molar-refractivity contribution is 4.89. The molecule has 0 aliphatic rings. The van der Waals surface area contributed by atoms with Crippen LogP contribution < -0.4 is 0 Å². The van der Waals surface area contributed by atoms with E-state index < -0.39 is 0 Å². The number of hydrogen-bond acceptors (Lipinski definition) is 0. The van der Waals surface area contributed by atoms with Crippen LogP contribution in [0.15, 0.2) is 12.2 Å². The third-order valence-electron chi connectivity index (χ3n) is 2.75. The Bertz CT molecular complexity index is 135. The van der Waals surface area contributed by atoms with Crippen molar-refractivity contribution in [2.24, 2.45) is 5.92 Å². The first-order chi connectivity index (χ1) is 6.66. The maximum Gasteiger partial charge on any atom is -0.0300 e. The molecule has 84 valence electrons. The van der Waals surface area contributed by atoms with Gasteiger partial charge >= 0.3 is 0 Å². The molecule has 0 aromatic carbocycles. The molecule has 0 heterocycles. The summed E-state index contributed by atoms with van der Waals surface area (Å²) in [6.45, 7) is 10.7. The second-order valence-corrected chi connectivity index (χ2v) is 4.82. The van der Waals surface area contributed by atoms with Gasteiger partial charge in [-0.25, -0.2) is 0 Å². The maximum absolute atomic E-state index is 3.96. The van der Waals surface area contributed by atoms with E-state index in [0.717, 1.165) is 5.92 Å². The molecule has 0 nitrogen and oxygen atoms in total. The van der Waals surface area contributed by atoms with E-state index in [-0.39, 0.29) is 0 Å². The topological polar surface area (TPSA) is 0 Å². The normalized spacial score (nSPS) is 12.8. The predicted molar refractivity (Wildman–Crippen MR) is 66.6 cm³/mol. The van der Waals surface area contributed by atoms with Crippen LogP contribution in [0.5, 0.6) is 0 Å². The van der Waals surface area contributed by atoms with E-state index in [1.807, 2.05) is 0 Å². The molecule has 0 spiro atoms. The van der Waals surface area contributed by atoms with Crippen LogP contribution in [0, 0.1) is 5.92 Å². The Morgan fingerprint density at radius 3 is 2.21 bits per heavy atom. The van der Waals surface area contributed by atoms with Crippen LogP contribution >= 0.6 is 0 Å². The van der Waals surface area contributed by atoms with Gasteiger partial charge in [-0.05, 0) is 19.3 Å². The highest BCUT2D eigenvalue weighted by Crippen LogP contribution is 2.17. The van der Waals surface area contributed by atoms with E-state index >= 15 is 0 Å². The van der Waals surface area contributed by atoms with Crippen LogP contribution in [0.2, 0.25) is 0 Å². The van der Waals surface area contributed by atoms with E-state index in [9.17, 15) is 0 Å². The SMILES string of the molecule is C=C(C)CC(C)CCCCCCCC. The van der Waals surface area contributed by atoms with Crippen molar-refractivity contribution < 1.29 is 0 Å². The van der Waals surface area contributed by atoms with Gasteiger partial charge in [0.2, 0.25) is 0 Å². The van der Waals surface area contributed by atoms with Gasteiger partial charge in [0.15, 0.2) is 0 Å². The third kappa shape index (κ3) is 9.83. The molecule has 14 heavy (non-hydrogen) atoms. The van der Waals surface area contributed by atoms with E-state index in [0.29, 0.717) is 0 Å². The second kappa shape index (κ2) is 9.30. The fourth-order valence-corrected chi connectivity index (χ4v) is 1.97. The molecule has 0 rings (SSSR count). The lowest BCUT2D eigenvalue weighted by Gasteiger charge is -2.10.